The van der Waals surface area contributed by atoms with Crippen molar-refractivity contribution in [3.63, 3.8) is 0 Å². The number of nitrogens with one attached hydrogen (secondary N) is 1. The first kappa shape index (κ1) is 21.5. The van der Waals surface area contributed by atoms with Crippen molar-refractivity contribution in [1.29, 1.82) is 5.26 Å². The highest BCUT2D eigenvalue weighted by Gasteiger charge is 2.19. The Hall–Kier alpha value is -2.85. The van der Waals surface area contributed by atoms with Crippen LogP contribution in [0.15, 0.2) is 30.0 Å². The van der Waals surface area contributed by atoms with Gasteiger partial charge in [-0.15, -0.1) is 0 Å². The van der Waals surface area contributed by atoms with E-state index in [2.05, 4.69) is 17.4 Å². The van der Waals surface area contributed by atoms with Crippen LogP contribution >= 0.6 is 0 Å². The van der Waals surface area contributed by atoms with Crippen LogP contribution in [-0.4, -0.2) is 36.6 Å². The first-order valence-corrected chi connectivity index (χ1v) is 9.68. The molecule has 1 aliphatic carbocycles. The maximum absolute atomic E-state index is 12.6. The van der Waals surface area contributed by atoms with Gasteiger partial charge < -0.3 is 15.8 Å². The van der Waals surface area contributed by atoms with Gasteiger partial charge >= 0.3 is 6.09 Å². The average Bonchev–Trinajstić information content (AvgIpc) is 2.70. The Morgan fingerprint density at radius 2 is 2.07 bits per heavy atom. The van der Waals surface area contributed by atoms with E-state index in [9.17, 15) is 14.9 Å². The number of nitrogens with two attached hydrogens (primary N) is 1. The molecule has 2 rings (SSSR count). The van der Waals surface area contributed by atoms with Crippen LogP contribution in [0.4, 0.5) is 4.79 Å². The fraction of sp³-hybridized carbons (Fsp3) is 0.476. The molecule has 0 saturated carbocycles. The molecule has 1 aromatic carbocycles. The Balaban J connectivity index is 2.11. The molecular formula is C21H28N4O3. The second-order valence-electron chi connectivity index (χ2n) is 6.77. The Bertz CT molecular complexity index is 782. The molecule has 0 bridgehead atoms. The van der Waals surface area contributed by atoms with Crippen LogP contribution in [0.3, 0.4) is 0 Å². The summed E-state index contributed by atoms with van der Waals surface area (Å²) in [6.45, 7) is 4.08. The third-order valence-electron chi connectivity index (χ3n) is 4.74. The summed E-state index contributed by atoms with van der Waals surface area (Å²) in [4.78, 5) is 25.6. The molecule has 0 saturated heterocycles. The van der Waals surface area contributed by atoms with E-state index in [0.717, 1.165) is 23.3 Å². The van der Waals surface area contributed by atoms with Crippen molar-refractivity contribution in [2.24, 2.45) is 5.73 Å². The molecule has 0 radical (unpaired) electrons. The van der Waals surface area contributed by atoms with Crippen molar-refractivity contribution in [2.45, 2.75) is 45.6 Å². The minimum atomic E-state index is -0.642. The van der Waals surface area contributed by atoms with Gasteiger partial charge in [-0.25, -0.2) is 4.79 Å². The molecule has 0 aliphatic heterocycles. The largest absolute Gasteiger partial charge is 0.449 e. The van der Waals surface area contributed by atoms with Gasteiger partial charge in [-0.05, 0) is 56.2 Å². The Morgan fingerprint density at radius 1 is 1.36 bits per heavy atom. The number of nitriles is 1. The van der Waals surface area contributed by atoms with Gasteiger partial charge in [0.05, 0.1) is 12.6 Å². The Kier molecular flexibility index (Phi) is 8.02. The molecule has 1 unspecified atom stereocenters. The minimum absolute atomic E-state index is 0.150. The number of hydrogen-bond acceptors (Lipinski definition) is 5. The standard InChI is InChI=1S/C21H28N4O3/c1-3-28-21(27)25(11-10-22)14-19(13-23)20(26)24-15(2)17-9-8-16-6-4-5-7-18(16)12-17/h8-9,12,14-15H,3-7,10-11,22H2,1-2H3,(H,24,26)/b19-14-. The number of aryl methyl sites for hydroxylation is 2. The predicted octanol–water partition coefficient (Wildman–Crippen LogP) is 2.57. The number of nitrogens with zero attached hydrogens (tertiary/aromatic N) is 2. The lowest BCUT2D eigenvalue weighted by atomic mass is 9.89. The van der Waals surface area contributed by atoms with Crippen molar-refractivity contribution in [3.05, 3.63) is 46.7 Å². The van der Waals surface area contributed by atoms with E-state index in [4.69, 9.17) is 10.5 Å². The summed E-state index contributed by atoms with van der Waals surface area (Å²) >= 11 is 0. The molecule has 1 aliphatic rings. The van der Waals surface area contributed by atoms with Crippen molar-refractivity contribution in [3.8, 4) is 6.07 Å². The number of ether oxygens (including phenoxy) is 1. The molecule has 3 N–H and O–H groups in total. The third-order valence-corrected chi connectivity index (χ3v) is 4.74. The maximum Gasteiger partial charge on any atom is 0.413 e. The van der Waals surface area contributed by atoms with Gasteiger partial charge in [0.15, 0.2) is 0 Å². The van der Waals surface area contributed by atoms with Crippen LogP contribution in [0.2, 0.25) is 0 Å². The number of carbonyl (C=O) groups excluding carboxylic acids is 2. The summed E-state index contributed by atoms with van der Waals surface area (Å²) in [5.41, 5.74) is 9.03. The zero-order chi connectivity index (χ0) is 20.5. The van der Waals surface area contributed by atoms with Gasteiger partial charge in [0.1, 0.15) is 11.6 Å². The molecule has 1 aromatic rings. The highest BCUT2D eigenvalue weighted by molar-refractivity contribution is 5.97. The van der Waals surface area contributed by atoms with Crippen LogP contribution in [0.25, 0.3) is 0 Å². The van der Waals surface area contributed by atoms with Gasteiger partial charge in [-0.1, -0.05) is 18.2 Å². The molecule has 0 fully saturated rings. The van der Waals surface area contributed by atoms with Crippen molar-refractivity contribution >= 4 is 12.0 Å². The van der Waals surface area contributed by atoms with Gasteiger partial charge in [-0.3, -0.25) is 9.69 Å². The van der Waals surface area contributed by atoms with Gasteiger partial charge in [-0.2, -0.15) is 5.26 Å². The lowest BCUT2D eigenvalue weighted by Crippen LogP contribution is -2.34. The first-order valence-electron chi connectivity index (χ1n) is 9.68. The minimum Gasteiger partial charge on any atom is -0.449 e. The van der Waals surface area contributed by atoms with Crippen molar-refractivity contribution in [1.82, 2.24) is 10.2 Å². The molecule has 1 atom stereocenters. The fourth-order valence-corrected chi connectivity index (χ4v) is 3.23. The number of fused-ring (bicyclic) bond motifs is 1. The topological polar surface area (TPSA) is 108 Å². The smallest absolute Gasteiger partial charge is 0.413 e. The average molecular weight is 384 g/mol. The van der Waals surface area contributed by atoms with Crippen molar-refractivity contribution in [2.75, 3.05) is 19.7 Å². The number of amides is 2. The maximum atomic E-state index is 12.6. The van der Waals surface area contributed by atoms with E-state index in [1.54, 1.807) is 6.92 Å². The lowest BCUT2D eigenvalue weighted by Gasteiger charge is -2.20. The molecule has 150 valence electrons. The second-order valence-corrected chi connectivity index (χ2v) is 6.77. The van der Waals surface area contributed by atoms with Gasteiger partial charge in [0.2, 0.25) is 0 Å². The van der Waals surface area contributed by atoms with Crippen LogP contribution < -0.4 is 11.1 Å². The third kappa shape index (κ3) is 5.57. The predicted molar refractivity (Wildman–Crippen MR) is 106 cm³/mol. The van der Waals surface area contributed by atoms with E-state index >= 15 is 0 Å². The molecule has 28 heavy (non-hydrogen) atoms. The summed E-state index contributed by atoms with van der Waals surface area (Å²) in [5.74, 6) is -0.543. The van der Waals surface area contributed by atoms with E-state index < -0.39 is 12.0 Å². The molecule has 0 aromatic heterocycles. The van der Waals surface area contributed by atoms with Gasteiger partial charge in [0, 0.05) is 19.3 Å². The normalized spacial score (nSPS) is 14.4. The molecule has 7 heteroatoms. The Morgan fingerprint density at radius 3 is 2.71 bits per heavy atom. The molecule has 2 amide bonds. The molecule has 0 heterocycles. The van der Waals surface area contributed by atoms with Crippen LogP contribution in [0.1, 0.15) is 49.4 Å². The van der Waals surface area contributed by atoms with Crippen LogP contribution in [-0.2, 0) is 22.4 Å². The van der Waals surface area contributed by atoms with E-state index in [1.165, 1.54) is 30.2 Å². The highest BCUT2D eigenvalue weighted by Crippen LogP contribution is 2.24. The Labute approximate surface area is 166 Å². The molecular weight excluding hydrogens is 356 g/mol. The summed E-state index contributed by atoms with van der Waals surface area (Å²) in [7, 11) is 0. The summed E-state index contributed by atoms with van der Waals surface area (Å²) in [6.07, 6.45) is 5.11. The molecule has 0 spiro atoms. The fourth-order valence-electron chi connectivity index (χ4n) is 3.23. The van der Waals surface area contributed by atoms with Gasteiger partial charge in [0.25, 0.3) is 5.91 Å². The lowest BCUT2D eigenvalue weighted by molar-refractivity contribution is -0.117. The van der Waals surface area contributed by atoms with E-state index in [0.29, 0.717) is 0 Å². The zero-order valence-electron chi connectivity index (χ0n) is 16.5. The SMILES string of the molecule is CCOC(=O)N(/C=C(/C#N)C(=O)NC(C)c1ccc2c(c1)CCCC2)CCN. The molecule has 7 nitrogen and oxygen atoms in total. The summed E-state index contributed by atoms with van der Waals surface area (Å²) < 4.78 is 4.93. The summed E-state index contributed by atoms with van der Waals surface area (Å²) in [5, 5.41) is 12.2. The monoisotopic (exact) mass is 384 g/mol. The van der Waals surface area contributed by atoms with Crippen LogP contribution in [0.5, 0.6) is 0 Å². The van der Waals surface area contributed by atoms with Crippen LogP contribution in [0, 0.1) is 11.3 Å². The van der Waals surface area contributed by atoms with Crippen molar-refractivity contribution < 1.29 is 14.3 Å². The number of carbonyl (C=O) groups is 2. The number of rotatable bonds is 7. The number of hydrogen-bond donors (Lipinski definition) is 2. The summed E-state index contributed by atoms with van der Waals surface area (Å²) in [6, 6.07) is 7.87. The zero-order valence-corrected chi connectivity index (χ0v) is 16.5. The quantitative estimate of drug-likeness (QED) is 0.555. The highest BCUT2D eigenvalue weighted by atomic mass is 16.6. The van der Waals surface area contributed by atoms with E-state index in [1.807, 2.05) is 19.1 Å². The van der Waals surface area contributed by atoms with E-state index in [-0.39, 0.29) is 31.3 Å². The number of benzene rings is 1. The first-order chi connectivity index (χ1) is 13.5. The second kappa shape index (κ2) is 10.5.